The molecular formula is C23H23N7O2. The summed E-state index contributed by atoms with van der Waals surface area (Å²) in [6.07, 6.45) is 10.9. The lowest BCUT2D eigenvalue weighted by molar-refractivity contribution is 0.417. The molecule has 0 spiro atoms. The molecule has 0 fully saturated rings. The molecule has 0 unspecified atom stereocenters. The van der Waals surface area contributed by atoms with Gasteiger partial charge >= 0.3 is 5.69 Å². The van der Waals surface area contributed by atoms with Crippen molar-refractivity contribution in [2.24, 2.45) is 14.1 Å². The molecule has 0 aliphatic heterocycles. The maximum Gasteiger partial charge on any atom is 0.335 e. The SMILES string of the molecule is CCCc1cnc(-n2c(=O)n(C)c3cnc4cc(OC)c(-c5cnn(C)c5)cc4c32)nc1. The quantitative estimate of drug-likeness (QED) is 0.426. The fraction of sp³-hybridized carbons (Fsp3) is 0.261. The first-order valence-electron chi connectivity index (χ1n) is 10.4. The Morgan fingerprint density at radius 3 is 2.47 bits per heavy atom. The van der Waals surface area contributed by atoms with Crippen LogP contribution in [-0.2, 0) is 20.5 Å². The van der Waals surface area contributed by atoms with Gasteiger partial charge in [0.2, 0.25) is 5.95 Å². The van der Waals surface area contributed by atoms with E-state index in [4.69, 9.17) is 4.74 Å². The summed E-state index contributed by atoms with van der Waals surface area (Å²) in [4.78, 5) is 26.8. The van der Waals surface area contributed by atoms with E-state index >= 15 is 0 Å². The van der Waals surface area contributed by atoms with E-state index in [1.807, 2.05) is 25.4 Å². The van der Waals surface area contributed by atoms with Crippen molar-refractivity contribution < 1.29 is 4.74 Å². The van der Waals surface area contributed by atoms with Crippen molar-refractivity contribution >= 4 is 21.9 Å². The van der Waals surface area contributed by atoms with Gasteiger partial charge in [-0.1, -0.05) is 13.3 Å². The van der Waals surface area contributed by atoms with E-state index in [9.17, 15) is 4.79 Å². The number of nitrogens with zero attached hydrogens (tertiary/aromatic N) is 7. The lowest BCUT2D eigenvalue weighted by Crippen LogP contribution is -2.22. The van der Waals surface area contributed by atoms with Crippen molar-refractivity contribution in [1.29, 1.82) is 0 Å². The zero-order valence-electron chi connectivity index (χ0n) is 18.4. The highest BCUT2D eigenvalue weighted by molar-refractivity contribution is 6.05. The third-order valence-corrected chi connectivity index (χ3v) is 5.65. The van der Waals surface area contributed by atoms with Crippen molar-refractivity contribution in [3.8, 4) is 22.8 Å². The summed E-state index contributed by atoms with van der Waals surface area (Å²) in [7, 11) is 5.22. The highest BCUT2D eigenvalue weighted by Crippen LogP contribution is 2.36. The van der Waals surface area contributed by atoms with Crippen LogP contribution in [0.5, 0.6) is 5.75 Å². The smallest absolute Gasteiger partial charge is 0.335 e. The van der Waals surface area contributed by atoms with Gasteiger partial charge in [-0.25, -0.2) is 19.3 Å². The molecule has 0 atom stereocenters. The Balaban J connectivity index is 1.84. The number of fused-ring (bicyclic) bond motifs is 3. The van der Waals surface area contributed by atoms with Gasteiger partial charge in [0, 0.05) is 55.3 Å². The summed E-state index contributed by atoms with van der Waals surface area (Å²) in [5, 5.41) is 5.09. The lowest BCUT2D eigenvalue weighted by Gasteiger charge is -2.10. The first-order chi connectivity index (χ1) is 15.5. The summed E-state index contributed by atoms with van der Waals surface area (Å²) < 4.78 is 10.5. The molecule has 0 amide bonds. The van der Waals surface area contributed by atoms with Gasteiger partial charge < -0.3 is 4.74 Å². The van der Waals surface area contributed by atoms with Crippen LogP contribution in [0.15, 0.2) is 47.9 Å². The molecule has 5 rings (SSSR count). The van der Waals surface area contributed by atoms with Crippen LogP contribution in [0.1, 0.15) is 18.9 Å². The molecule has 0 bridgehead atoms. The highest BCUT2D eigenvalue weighted by atomic mass is 16.5. The molecule has 9 heteroatoms. The monoisotopic (exact) mass is 429 g/mol. The molecule has 5 aromatic rings. The maximum atomic E-state index is 13.2. The van der Waals surface area contributed by atoms with Crippen molar-refractivity contribution in [2.75, 3.05) is 7.11 Å². The van der Waals surface area contributed by atoms with Crippen LogP contribution in [0.3, 0.4) is 0 Å². The molecule has 0 radical (unpaired) electrons. The second-order valence-corrected chi connectivity index (χ2v) is 7.78. The van der Waals surface area contributed by atoms with E-state index in [1.54, 1.807) is 52.8 Å². The Labute approximate surface area is 183 Å². The van der Waals surface area contributed by atoms with Gasteiger partial charge in [-0.05, 0) is 18.1 Å². The zero-order valence-corrected chi connectivity index (χ0v) is 18.4. The van der Waals surface area contributed by atoms with Gasteiger partial charge in [0.05, 0.1) is 36.1 Å². The van der Waals surface area contributed by atoms with Gasteiger partial charge in [0.15, 0.2) is 0 Å². The Morgan fingerprint density at radius 2 is 1.81 bits per heavy atom. The number of hydrogen-bond acceptors (Lipinski definition) is 6. The van der Waals surface area contributed by atoms with E-state index in [0.29, 0.717) is 28.2 Å². The van der Waals surface area contributed by atoms with E-state index in [-0.39, 0.29) is 5.69 Å². The van der Waals surface area contributed by atoms with Gasteiger partial charge in [-0.2, -0.15) is 5.10 Å². The second-order valence-electron chi connectivity index (χ2n) is 7.78. The first kappa shape index (κ1) is 19.9. The van der Waals surface area contributed by atoms with Crippen LogP contribution in [0, 0.1) is 0 Å². The first-order valence-corrected chi connectivity index (χ1v) is 10.4. The Morgan fingerprint density at radius 1 is 1.03 bits per heavy atom. The highest BCUT2D eigenvalue weighted by Gasteiger charge is 2.20. The van der Waals surface area contributed by atoms with Crippen LogP contribution in [0.4, 0.5) is 0 Å². The molecule has 0 saturated heterocycles. The van der Waals surface area contributed by atoms with Crippen molar-refractivity contribution in [2.45, 2.75) is 19.8 Å². The molecule has 0 N–H and O–H groups in total. The minimum absolute atomic E-state index is 0.226. The molecule has 1 aromatic carbocycles. The number of methoxy groups -OCH3 is 1. The molecule has 0 aliphatic rings. The predicted molar refractivity (Wildman–Crippen MR) is 122 cm³/mol. The van der Waals surface area contributed by atoms with Crippen molar-refractivity contribution in [3.63, 3.8) is 0 Å². The fourth-order valence-electron chi connectivity index (χ4n) is 4.05. The summed E-state index contributed by atoms with van der Waals surface area (Å²) in [6, 6.07) is 3.87. The summed E-state index contributed by atoms with van der Waals surface area (Å²) in [6.45, 7) is 2.11. The average Bonchev–Trinajstić information content (AvgIpc) is 3.35. The molecule has 162 valence electrons. The van der Waals surface area contributed by atoms with Crippen molar-refractivity contribution in [1.82, 2.24) is 33.9 Å². The van der Waals surface area contributed by atoms with E-state index < -0.39 is 0 Å². The number of hydrogen-bond donors (Lipinski definition) is 0. The average molecular weight is 429 g/mol. The van der Waals surface area contributed by atoms with E-state index in [1.165, 1.54) is 0 Å². The second kappa shape index (κ2) is 7.60. The lowest BCUT2D eigenvalue weighted by atomic mass is 10.0. The van der Waals surface area contributed by atoms with Crippen molar-refractivity contribution in [3.05, 3.63) is 59.2 Å². The molecule has 0 aliphatic carbocycles. The predicted octanol–water partition coefficient (Wildman–Crippen LogP) is 3.03. The third-order valence-electron chi connectivity index (χ3n) is 5.65. The Kier molecular flexibility index (Phi) is 4.73. The molecule has 9 nitrogen and oxygen atoms in total. The summed E-state index contributed by atoms with van der Waals surface area (Å²) >= 11 is 0. The number of aromatic nitrogens is 7. The fourth-order valence-corrected chi connectivity index (χ4v) is 4.05. The number of aryl methyl sites for hydroxylation is 3. The van der Waals surface area contributed by atoms with Gasteiger partial charge in [0.25, 0.3) is 0 Å². The van der Waals surface area contributed by atoms with Crippen LogP contribution >= 0.6 is 0 Å². The third kappa shape index (κ3) is 3.05. The minimum Gasteiger partial charge on any atom is -0.496 e. The standard InChI is InChI=1S/C23H23N7O2/c1-5-6-14-9-25-22(26-10-14)30-21-17-7-16(15-11-27-28(2)13-15)20(32-4)8-18(17)24-12-19(21)29(3)23(30)31/h7-13H,5-6H2,1-4H3. The Bertz CT molecular complexity index is 1510. The Hall–Kier alpha value is -4.01. The normalized spacial score (nSPS) is 11.5. The van der Waals surface area contributed by atoms with Gasteiger partial charge in [0.1, 0.15) is 5.75 Å². The molecule has 4 aromatic heterocycles. The van der Waals surface area contributed by atoms with Crippen LogP contribution in [0.2, 0.25) is 0 Å². The number of rotatable bonds is 5. The molecular weight excluding hydrogens is 406 g/mol. The molecule has 0 saturated carbocycles. The topological polar surface area (TPSA) is 92.6 Å². The van der Waals surface area contributed by atoms with Crippen LogP contribution < -0.4 is 10.4 Å². The van der Waals surface area contributed by atoms with Gasteiger partial charge in [-0.15, -0.1) is 0 Å². The van der Waals surface area contributed by atoms with Crippen LogP contribution in [0.25, 0.3) is 39.0 Å². The number of imidazole rings is 1. The van der Waals surface area contributed by atoms with Crippen LogP contribution in [-0.4, -0.2) is 41.0 Å². The zero-order chi connectivity index (χ0) is 22.4. The largest absolute Gasteiger partial charge is 0.496 e. The number of ether oxygens (including phenoxy) is 1. The maximum absolute atomic E-state index is 13.2. The summed E-state index contributed by atoms with van der Waals surface area (Å²) in [5.74, 6) is 1.02. The molecule has 32 heavy (non-hydrogen) atoms. The van der Waals surface area contributed by atoms with E-state index in [2.05, 4.69) is 27.0 Å². The number of pyridine rings is 1. The molecule has 4 heterocycles. The van der Waals surface area contributed by atoms with Gasteiger partial charge in [-0.3, -0.25) is 14.2 Å². The number of benzene rings is 1. The van der Waals surface area contributed by atoms with E-state index in [0.717, 1.165) is 34.9 Å². The minimum atomic E-state index is -0.226. The summed E-state index contributed by atoms with van der Waals surface area (Å²) in [5.41, 5.74) is 4.71.